The van der Waals surface area contributed by atoms with Gasteiger partial charge in [0.15, 0.2) is 10.9 Å². The highest BCUT2D eigenvalue weighted by atomic mass is 35.5. The lowest BCUT2D eigenvalue weighted by atomic mass is 9.89. The van der Waals surface area contributed by atoms with E-state index in [0.717, 1.165) is 54.6 Å². The number of rotatable bonds is 0. The summed E-state index contributed by atoms with van der Waals surface area (Å²) in [6.07, 6.45) is 0. The molecule has 0 atom stereocenters. The molecule has 4 aliphatic rings. The predicted octanol–water partition coefficient (Wildman–Crippen LogP) is 8.00. The van der Waals surface area contributed by atoms with Crippen molar-refractivity contribution in [3.05, 3.63) is 103 Å². The van der Waals surface area contributed by atoms with E-state index in [1.165, 1.54) is 0 Å². The highest BCUT2D eigenvalue weighted by molar-refractivity contribution is 6.42. The van der Waals surface area contributed by atoms with Gasteiger partial charge in [0, 0.05) is 42.7 Å². The van der Waals surface area contributed by atoms with Crippen LogP contribution in [0, 0.1) is 0 Å². The molecule has 0 fully saturated rings. The Balaban J connectivity index is 1.82. The van der Waals surface area contributed by atoms with Gasteiger partial charge in [-0.2, -0.15) is 0 Å². The van der Waals surface area contributed by atoms with Gasteiger partial charge in [0.1, 0.15) is 0 Å². The van der Waals surface area contributed by atoms with Gasteiger partial charge in [-0.25, -0.2) is 0 Å². The van der Waals surface area contributed by atoms with E-state index in [0.29, 0.717) is 31.6 Å². The maximum absolute atomic E-state index is 13.5. The zero-order valence-electron chi connectivity index (χ0n) is 17.5. The molecule has 0 radical (unpaired) electrons. The Hall–Kier alpha value is -3.72. The van der Waals surface area contributed by atoms with Crippen LogP contribution in [0.1, 0.15) is 0 Å². The molecule has 0 N–H and O–H groups in total. The van der Waals surface area contributed by atoms with E-state index < -0.39 is 0 Å². The Morgan fingerprint density at radius 2 is 0.824 bits per heavy atom. The molecule has 0 aliphatic heterocycles. The van der Waals surface area contributed by atoms with E-state index in [2.05, 4.69) is 12.1 Å². The van der Waals surface area contributed by atoms with Crippen molar-refractivity contribution >= 4 is 77.1 Å². The minimum atomic E-state index is -0.00995. The normalized spacial score (nSPS) is 12.6. The molecule has 0 aromatic heterocycles. The van der Waals surface area contributed by atoms with Crippen molar-refractivity contribution in [3.63, 3.8) is 0 Å². The highest BCUT2D eigenvalue weighted by Crippen LogP contribution is 2.56. The Morgan fingerprint density at radius 3 is 1.26 bits per heavy atom. The fraction of sp³-hybridized carbons (Fsp3) is 0. The van der Waals surface area contributed by atoms with Gasteiger partial charge in [-0.1, -0.05) is 71.7 Å². The van der Waals surface area contributed by atoms with Crippen molar-refractivity contribution in [1.29, 1.82) is 0 Å². The zero-order chi connectivity index (χ0) is 22.9. The lowest BCUT2D eigenvalue weighted by Crippen LogP contribution is -2.05. The van der Waals surface area contributed by atoms with E-state index in [9.17, 15) is 9.59 Å². The third-order valence-electron chi connectivity index (χ3n) is 7.40. The van der Waals surface area contributed by atoms with Crippen LogP contribution < -0.4 is 10.9 Å². The van der Waals surface area contributed by atoms with Gasteiger partial charge in [0.2, 0.25) is 0 Å². The topological polar surface area (TPSA) is 34.1 Å². The minimum absolute atomic E-state index is 0.00995. The summed E-state index contributed by atoms with van der Waals surface area (Å²) in [4.78, 5) is 27.0. The molecule has 2 nitrogen and oxygen atoms in total. The summed E-state index contributed by atoms with van der Waals surface area (Å²) in [7, 11) is 0. The van der Waals surface area contributed by atoms with Crippen LogP contribution in [-0.4, -0.2) is 0 Å². The van der Waals surface area contributed by atoms with Crippen molar-refractivity contribution in [2.45, 2.75) is 0 Å². The summed E-state index contributed by atoms with van der Waals surface area (Å²) in [5, 5.41) is 9.70. The first-order valence-electron chi connectivity index (χ1n) is 11.0. The molecular formula is C30H12Cl2O2. The maximum atomic E-state index is 13.5. The molecular weight excluding hydrogens is 463 g/mol. The largest absolute Gasteiger partial charge is 0.289 e. The van der Waals surface area contributed by atoms with Crippen molar-refractivity contribution in [3.8, 4) is 22.3 Å². The fourth-order valence-electron chi connectivity index (χ4n) is 6.15. The molecule has 0 saturated carbocycles. The van der Waals surface area contributed by atoms with Crippen molar-refractivity contribution in [2.75, 3.05) is 0 Å². The first kappa shape index (κ1) is 18.7. The summed E-state index contributed by atoms with van der Waals surface area (Å²) in [5.74, 6) is 0. The van der Waals surface area contributed by atoms with Gasteiger partial charge in [-0.15, -0.1) is 0 Å². The third kappa shape index (κ3) is 2.01. The molecule has 4 heteroatoms. The van der Waals surface area contributed by atoms with Crippen LogP contribution in [0.25, 0.3) is 76.1 Å². The van der Waals surface area contributed by atoms with Crippen LogP contribution in [0.15, 0.2) is 82.4 Å². The monoisotopic (exact) mass is 474 g/mol. The van der Waals surface area contributed by atoms with Gasteiger partial charge >= 0.3 is 0 Å². The molecule has 8 rings (SSSR count). The number of fused-ring (bicyclic) bond motifs is 9. The Kier molecular flexibility index (Phi) is 3.32. The summed E-state index contributed by atoms with van der Waals surface area (Å²) < 4.78 is 0. The van der Waals surface area contributed by atoms with Gasteiger partial charge in [0.25, 0.3) is 0 Å². The van der Waals surface area contributed by atoms with Gasteiger partial charge in [-0.05, 0) is 67.7 Å². The minimum Gasteiger partial charge on any atom is -0.289 e. The average Bonchev–Trinajstić information content (AvgIpc) is 3.36. The third-order valence-corrected chi connectivity index (χ3v) is 7.87. The first-order chi connectivity index (χ1) is 16.5. The quantitative estimate of drug-likeness (QED) is 0.208. The molecule has 0 heterocycles. The lowest BCUT2D eigenvalue weighted by molar-refractivity contribution is 1.68. The smallest absolute Gasteiger partial charge is 0.194 e. The second-order valence-electron chi connectivity index (χ2n) is 8.99. The number of halogens is 2. The first-order valence-corrected chi connectivity index (χ1v) is 11.8. The molecule has 4 aliphatic carbocycles. The lowest BCUT2D eigenvalue weighted by Gasteiger charge is -2.13. The SMILES string of the molecule is O=c1c2cccc3c2-c(c2ccc(Cl)cc12)c1c2cccc4c2-c(c2ccc(Cl)cc2c4=O)c31. The van der Waals surface area contributed by atoms with Gasteiger partial charge in [-0.3, -0.25) is 9.59 Å². The van der Waals surface area contributed by atoms with E-state index in [-0.39, 0.29) is 10.9 Å². The summed E-state index contributed by atoms with van der Waals surface area (Å²) in [6.45, 7) is 0. The fourth-order valence-corrected chi connectivity index (χ4v) is 6.49. The average molecular weight is 475 g/mol. The zero-order valence-corrected chi connectivity index (χ0v) is 19.0. The van der Waals surface area contributed by atoms with Gasteiger partial charge in [0.05, 0.1) is 0 Å². The summed E-state index contributed by atoms with van der Waals surface area (Å²) in [5.41, 5.74) is 4.02. The number of hydrogen-bond acceptors (Lipinski definition) is 2. The van der Waals surface area contributed by atoms with E-state index in [1.807, 2.05) is 48.5 Å². The van der Waals surface area contributed by atoms with Crippen molar-refractivity contribution in [2.24, 2.45) is 0 Å². The van der Waals surface area contributed by atoms with Crippen LogP contribution >= 0.6 is 23.2 Å². The molecule has 0 saturated heterocycles. The van der Waals surface area contributed by atoms with Crippen LogP contribution in [-0.2, 0) is 0 Å². The van der Waals surface area contributed by atoms with Crippen LogP contribution in [0.5, 0.6) is 0 Å². The molecule has 0 unspecified atom stereocenters. The van der Waals surface area contributed by atoms with E-state index >= 15 is 0 Å². The second-order valence-corrected chi connectivity index (χ2v) is 9.87. The molecule has 0 amide bonds. The summed E-state index contributed by atoms with van der Waals surface area (Å²) >= 11 is 12.6. The van der Waals surface area contributed by atoms with E-state index in [1.54, 1.807) is 12.1 Å². The van der Waals surface area contributed by atoms with Gasteiger partial charge < -0.3 is 0 Å². The van der Waals surface area contributed by atoms with E-state index in [4.69, 9.17) is 23.2 Å². The second kappa shape index (κ2) is 6.04. The standard InChI is InChI=1S/C30H12Cl2O2/c31-13-7-9-15-21(11-13)29(33)19-5-1-3-17-23(19)25(15)28-18-4-2-6-20-24(18)26(27(17)28)16-10-8-14(32)12-22(16)30(20)34/h1-12H. The van der Waals surface area contributed by atoms with Crippen molar-refractivity contribution < 1.29 is 0 Å². The van der Waals surface area contributed by atoms with Crippen LogP contribution in [0.4, 0.5) is 0 Å². The molecule has 158 valence electrons. The highest BCUT2D eigenvalue weighted by Gasteiger charge is 2.31. The maximum Gasteiger partial charge on any atom is 0.194 e. The molecule has 0 bridgehead atoms. The Bertz CT molecular complexity index is 2020. The molecule has 4 aromatic carbocycles. The predicted molar refractivity (Wildman–Crippen MR) is 143 cm³/mol. The summed E-state index contributed by atoms with van der Waals surface area (Å²) in [6, 6.07) is 22.9. The number of hydrogen-bond donors (Lipinski definition) is 0. The Morgan fingerprint density at radius 1 is 0.412 bits per heavy atom. The molecule has 0 spiro atoms. The molecule has 34 heavy (non-hydrogen) atoms. The number of benzene rings is 6. The van der Waals surface area contributed by atoms with Crippen LogP contribution in [0.3, 0.4) is 0 Å². The van der Waals surface area contributed by atoms with Crippen LogP contribution in [0.2, 0.25) is 10.0 Å². The van der Waals surface area contributed by atoms with Crippen molar-refractivity contribution in [1.82, 2.24) is 0 Å². The molecule has 4 aromatic rings. The Labute approximate surface area is 202 Å².